The fourth-order valence-corrected chi connectivity index (χ4v) is 3.08. The summed E-state index contributed by atoms with van der Waals surface area (Å²) in [4.78, 5) is 0. The van der Waals surface area contributed by atoms with Gasteiger partial charge in [0.1, 0.15) is 11.5 Å². The third-order valence-electron chi connectivity index (χ3n) is 4.44. The first-order valence-electron chi connectivity index (χ1n) is 8.74. The first-order valence-corrected chi connectivity index (χ1v) is 9.53. The number of aryl methyl sites for hydroxylation is 2. The van der Waals surface area contributed by atoms with Gasteiger partial charge < -0.3 is 9.73 Å². The molecule has 1 atom stereocenters. The highest BCUT2D eigenvalue weighted by atomic mass is 79.9. The van der Waals surface area contributed by atoms with Gasteiger partial charge in [0.25, 0.3) is 0 Å². The van der Waals surface area contributed by atoms with Crippen molar-refractivity contribution in [1.29, 1.82) is 0 Å². The SMILES string of the molecule is Cc1cc(-c2ccc(CNC(C)CCc3ccccc3)o2)ccc1Br.Cl. The van der Waals surface area contributed by atoms with Gasteiger partial charge in [0.05, 0.1) is 6.54 Å². The van der Waals surface area contributed by atoms with E-state index in [2.05, 4.69) is 89.7 Å². The zero-order valence-electron chi connectivity index (χ0n) is 15.2. The molecule has 0 saturated heterocycles. The molecule has 0 aliphatic carbocycles. The maximum Gasteiger partial charge on any atom is 0.134 e. The molecule has 1 unspecified atom stereocenters. The van der Waals surface area contributed by atoms with E-state index in [0.717, 1.165) is 40.9 Å². The molecule has 0 radical (unpaired) electrons. The molecule has 0 bridgehead atoms. The number of benzene rings is 2. The summed E-state index contributed by atoms with van der Waals surface area (Å²) < 4.78 is 7.12. The van der Waals surface area contributed by atoms with Gasteiger partial charge in [-0.15, -0.1) is 12.4 Å². The van der Waals surface area contributed by atoms with Gasteiger partial charge in [-0.1, -0.05) is 52.3 Å². The molecular weight excluding hydrogens is 410 g/mol. The van der Waals surface area contributed by atoms with E-state index < -0.39 is 0 Å². The third-order valence-corrected chi connectivity index (χ3v) is 5.33. The van der Waals surface area contributed by atoms with Gasteiger partial charge >= 0.3 is 0 Å². The summed E-state index contributed by atoms with van der Waals surface area (Å²) in [6, 6.07) is 21.5. The highest BCUT2D eigenvalue weighted by Crippen LogP contribution is 2.26. The van der Waals surface area contributed by atoms with Crippen LogP contribution in [0, 0.1) is 6.92 Å². The van der Waals surface area contributed by atoms with Gasteiger partial charge in [-0.05, 0) is 62.1 Å². The Morgan fingerprint density at radius 3 is 2.54 bits per heavy atom. The second kappa shape index (κ2) is 9.96. The molecule has 138 valence electrons. The highest BCUT2D eigenvalue weighted by molar-refractivity contribution is 9.10. The smallest absolute Gasteiger partial charge is 0.134 e. The van der Waals surface area contributed by atoms with Crippen LogP contribution in [0.3, 0.4) is 0 Å². The summed E-state index contributed by atoms with van der Waals surface area (Å²) in [5.74, 6) is 1.89. The summed E-state index contributed by atoms with van der Waals surface area (Å²) in [7, 11) is 0. The number of hydrogen-bond donors (Lipinski definition) is 1. The van der Waals surface area contributed by atoms with E-state index in [1.165, 1.54) is 11.1 Å². The molecule has 3 rings (SSSR count). The number of furan rings is 1. The second-order valence-electron chi connectivity index (χ2n) is 6.54. The molecule has 2 aromatic carbocycles. The van der Waals surface area contributed by atoms with Gasteiger partial charge in [0.2, 0.25) is 0 Å². The highest BCUT2D eigenvalue weighted by Gasteiger charge is 2.08. The second-order valence-corrected chi connectivity index (χ2v) is 7.39. The van der Waals surface area contributed by atoms with Crippen LogP contribution in [0.15, 0.2) is 69.6 Å². The Labute approximate surface area is 170 Å². The molecule has 0 aliphatic rings. The predicted molar refractivity (Wildman–Crippen MR) is 115 cm³/mol. The maximum atomic E-state index is 6.00. The van der Waals surface area contributed by atoms with Crippen LogP contribution >= 0.6 is 28.3 Å². The molecule has 0 aliphatic heterocycles. The molecule has 4 heteroatoms. The molecule has 1 heterocycles. The van der Waals surface area contributed by atoms with Crippen molar-refractivity contribution in [2.75, 3.05) is 0 Å². The summed E-state index contributed by atoms with van der Waals surface area (Å²) >= 11 is 3.54. The van der Waals surface area contributed by atoms with Crippen LogP contribution in [0.4, 0.5) is 0 Å². The van der Waals surface area contributed by atoms with E-state index in [1.807, 2.05) is 6.07 Å². The normalized spacial score (nSPS) is 11.8. The molecular formula is C22H25BrClNO. The van der Waals surface area contributed by atoms with Crippen LogP contribution in [0.25, 0.3) is 11.3 Å². The van der Waals surface area contributed by atoms with Gasteiger partial charge in [-0.2, -0.15) is 0 Å². The van der Waals surface area contributed by atoms with E-state index in [0.29, 0.717) is 6.04 Å². The Morgan fingerprint density at radius 2 is 1.81 bits per heavy atom. The lowest BCUT2D eigenvalue weighted by atomic mass is 10.1. The van der Waals surface area contributed by atoms with E-state index in [1.54, 1.807) is 0 Å². The minimum absolute atomic E-state index is 0. The molecule has 0 fully saturated rings. The van der Waals surface area contributed by atoms with Gasteiger partial charge in [-0.3, -0.25) is 0 Å². The molecule has 1 N–H and O–H groups in total. The Kier molecular flexibility index (Phi) is 7.95. The fraction of sp³-hybridized carbons (Fsp3) is 0.273. The number of halogens is 2. The third kappa shape index (κ3) is 5.73. The van der Waals surface area contributed by atoms with Crippen molar-refractivity contribution in [3.63, 3.8) is 0 Å². The average molecular weight is 435 g/mol. The Hall–Kier alpha value is -1.55. The molecule has 3 aromatic rings. The molecule has 0 spiro atoms. The Morgan fingerprint density at radius 1 is 1.04 bits per heavy atom. The molecule has 0 saturated carbocycles. The summed E-state index contributed by atoms with van der Waals surface area (Å²) in [6.45, 7) is 5.07. The molecule has 0 amide bonds. The van der Waals surface area contributed by atoms with Crippen molar-refractivity contribution in [3.8, 4) is 11.3 Å². The monoisotopic (exact) mass is 433 g/mol. The summed E-state index contributed by atoms with van der Waals surface area (Å²) in [6.07, 6.45) is 2.21. The number of hydrogen-bond acceptors (Lipinski definition) is 2. The number of rotatable bonds is 7. The largest absolute Gasteiger partial charge is 0.460 e. The first kappa shape index (κ1) is 20.8. The average Bonchev–Trinajstić information content (AvgIpc) is 3.10. The minimum atomic E-state index is 0. The van der Waals surface area contributed by atoms with Gasteiger partial charge in [0, 0.05) is 16.1 Å². The van der Waals surface area contributed by atoms with Crippen molar-refractivity contribution in [3.05, 3.63) is 82.0 Å². The quantitative estimate of drug-likeness (QED) is 0.456. The van der Waals surface area contributed by atoms with Crippen molar-refractivity contribution in [2.45, 2.75) is 39.3 Å². The lowest BCUT2D eigenvalue weighted by molar-refractivity contribution is 0.449. The Bertz CT molecular complexity index is 816. The van der Waals surface area contributed by atoms with E-state index in [-0.39, 0.29) is 12.4 Å². The van der Waals surface area contributed by atoms with Crippen LogP contribution in [0.5, 0.6) is 0 Å². The minimum Gasteiger partial charge on any atom is -0.460 e. The maximum absolute atomic E-state index is 6.00. The van der Waals surface area contributed by atoms with Crippen LogP contribution in [-0.4, -0.2) is 6.04 Å². The van der Waals surface area contributed by atoms with Crippen molar-refractivity contribution in [1.82, 2.24) is 5.32 Å². The van der Waals surface area contributed by atoms with E-state index >= 15 is 0 Å². The topological polar surface area (TPSA) is 25.2 Å². The summed E-state index contributed by atoms with van der Waals surface area (Å²) in [5.41, 5.74) is 3.72. The Balaban J connectivity index is 0.00000243. The lowest BCUT2D eigenvalue weighted by Gasteiger charge is -2.12. The van der Waals surface area contributed by atoms with Crippen molar-refractivity contribution in [2.24, 2.45) is 0 Å². The van der Waals surface area contributed by atoms with Gasteiger partial charge in [0.15, 0.2) is 0 Å². The standard InChI is InChI=1S/C22H24BrNO.ClH/c1-16-14-19(10-12-21(16)23)22-13-11-20(25-22)15-24-17(2)8-9-18-6-4-3-5-7-18;/h3-7,10-14,17,24H,8-9,15H2,1-2H3;1H. The van der Waals surface area contributed by atoms with Crippen LogP contribution in [0.1, 0.15) is 30.2 Å². The van der Waals surface area contributed by atoms with Crippen molar-refractivity contribution < 1.29 is 4.42 Å². The molecule has 1 aromatic heterocycles. The van der Waals surface area contributed by atoms with Crippen LogP contribution in [-0.2, 0) is 13.0 Å². The van der Waals surface area contributed by atoms with Crippen LogP contribution in [0.2, 0.25) is 0 Å². The lowest BCUT2D eigenvalue weighted by Crippen LogP contribution is -2.25. The first-order chi connectivity index (χ1) is 12.1. The van der Waals surface area contributed by atoms with Gasteiger partial charge in [-0.25, -0.2) is 0 Å². The van der Waals surface area contributed by atoms with Crippen molar-refractivity contribution >= 4 is 28.3 Å². The van der Waals surface area contributed by atoms with Crippen LogP contribution < -0.4 is 5.32 Å². The molecule has 26 heavy (non-hydrogen) atoms. The zero-order valence-corrected chi connectivity index (χ0v) is 17.6. The fourth-order valence-electron chi connectivity index (χ4n) is 2.83. The molecule has 2 nitrogen and oxygen atoms in total. The van der Waals surface area contributed by atoms with E-state index in [4.69, 9.17) is 4.42 Å². The summed E-state index contributed by atoms with van der Waals surface area (Å²) in [5, 5.41) is 3.55. The number of nitrogens with one attached hydrogen (secondary N) is 1. The predicted octanol–water partition coefficient (Wildman–Crippen LogP) is 6.55. The van der Waals surface area contributed by atoms with E-state index in [9.17, 15) is 0 Å². The zero-order chi connectivity index (χ0) is 17.6.